The zero-order chi connectivity index (χ0) is 14.7. The smallest absolute Gasteiger partial charge is 0.308 e. The largest absolute Gasteiger partial charge is 0.507 e. The number of esters is 1. The Morgan fingerprint density at radius 2 is 1.74 bits per heavy atom. The first kappa shape index (κ1) is 15.0. The maximum absolute atomic E-state index is 11.2. The van der Waals surface area contributed by atoms with Crippen LogP contribution in [0, 0.1) is 20.8 Å². The molecule has 1 rings (SSSR count). The van der Waals surface area contributed by atoms with E-state index in [-0.39, 0.29) is 5.75 Å². The Morgan fingerprint density at radius 3 is 2.21 bits per heavy atom. The van der Waals surface area contributed by atoms with E-state index in [4.69, 9.17) is 9.94 Å². The molecule has 0 amide bonds. The van der Waals surface area contributed by atoms with Crippen molar-refractivity contribution in [3.63, 3.8) is 0 Å². The molecule has 1 aromatic carbocycles. The third-order valence-electron chi connectivity index (χ3n) is 3.19. The Kier molecular flexibility index (Phi) is 4.53. The van der Waals surface area contributed by atoms with Gasteiger partial charge in [-0.3, -0.25) is 4.79 Å². The standard InChI is InChI=1S/C14H19NO4/c1-7(15-18)6-12-10(4)13(17)8(2)9(3)14(12)19-11(5)16/h17-18H,6H2,1-5H3. The lowest BCUT2D eigenvalue weighted by atomic mass is 9.94. The lowest BCUT2D eigenvalue weighted by Gasteiger charge is -2.18. The quantitative estimate of drug-likeness (QED) is 0.289. The van der Waals surface area contributed by atoms with E-state index in [1.165, 1.54) is 6.92 Å². The summed E-state index contributed by atoms with van der Waals surface area (Å²) < 4.78 is 5.25. The molecule has 0 fully saturated rings. The van der Waals surface area contributed by atoms with E-state index in [2.05, 4.69) is 5.16 Å². The Hall–Kier alpha value is -2.04. The minimum Gasteiger partial charge on any atom is -0.507 e. The summed E-state index contributed by atoms with van der Waals surface area (Å²) in [6.07, 6.45) is 0.305. The van der Waals surface area contributed by atoms with E-state index in [9.17, 15) is 9.90 Å². The van der Waals surface area contributed by atoms with E-state index in [1.807, 2.05) is 0 Å². The van der Waals surface area contributed by atoms with Gasteiger partial charge in [0.1, 0.15) is 11.5 Å². The number of carbonyl (C=O) groups is 1. The summed E-state index contributed by atoms with van der Waals surface area (Å²) in [6.45, 7) is 8.27. The first-order valence-electron chi connectivity index (χ1n) is 5.97. The summed E-state index contributed by atoms with van der Waals surface area (Å²) >= 11 is 0. The van der Waals surface area contributed by atoms with Crippen LogP contribution in [-0.4, -0.2) is 22.0 Å². The van der Waals surface area contributed by atoms with Gasteiger partial charge in [-0.25, -0.2) is 0 Å². The molecule has 0 aliphatic rings. The number of hydrogen-bond donors (Lipinski definition) is 2. The second-order valence-corrected chi connectivity index (χ2v) is 4.64. The van der Waals surface area contributed by atoms with Crippen LogP contribution < -0.4 is 4.74 Å². The van der Waals surface area contributed by atoms with Gasteiger partial charge in [0.05, 0.1) is 5.71 Å². The monoisotopic (exact) mass is 265 g/mol. The third-order valence-corrected chi connectivity index (χ3v) is 3.19. The predicted molar refractivity (Wildman–Crippen MR) is 72.2 cm³/mol. The minimum atomic E-state index is -0.424. The molecule has 0 spiro atoms. The molecule has 0 aliphatic carbocycles. The Balaban J connectivity index is 3.51. The van der Waals surface area contributed by atoms with Crippen molar-refractivity contribution in [2.24, 2.45) is 5.16 Å². The van der Waals surface area contributed by atoms with Crippen molar-refractivity contribution in [1.29, 1.82) is 0 Å². The minimum absolute atomic E-state index is 0.175. The number of nitrogens with zero attached hydrogens (tertiary/aromatic N) is 1. The molecule has 0 aliphatic heterocycles. The number of phenolic OH excluding ortho intramolecular Hbond substituents is 1. The second-order valence-electron chi connectivity index (χ2n) is 4.64. The maximum atomic E-state index is 11.2. The number of hydrogen-bond acceptors (Lipinski definition) is 5. The lowest BCUT2D eigenvalue weighted by Crippen LogP contribution is -2.10. The maximum Gasteiger partial charge on any atom is 0.308 e. The van der Waals surface area contributed by atoms with Gasteiger partial charge in [-0.15, -0.1) is 0 Å². The number of carbonyl (C=O) groups excluding carboxylic acids is 1. The zero-order valence-corrected chi connectivity index (χ0v) is 11.9. The summed E-state index contributed by atoms with van der Waals surface area (Å²) in [5, 5.41) is 22.0. The molecular formula is C14H19NO4. The SMILES string of the molecule is CC(=O)Oc1c(C)c(C)c(O)c(C)c1CC(C)=NO. The summed E-state index contributed by atoms with van der Waals surface area (Å²) in [5.74, 6) is 0.185. The fraction of sp³-hybridized carbons (Fsp3) is 0.429. The van der Waals surface area contributed by atoms with Crippen molar-refractivity contribution >= 4 is 11.7 Å². The molecule has 0 heterocycles. The first-order chi connectivity index (χ1) is 8.79. The molecule has 0 atom stereocenters. The van der Waals surface area contributed by atoms with E-state index in [0.717, 1.165) is 0 Å². The highest BCUT2D eigenvalue weighted by atomic mass is 16.5. The van der Waals surface area contributed by atoms with Crippen LogP contribution in [0.15, 0.2) is 5.16 Å². The van der Waals surface area contributed by atoms with Gasteiger partial charge in [0.15, 0.2) is 0 Å². The zero-order valence-electron chi connectivity index (χ0n) is 11.9. The summed E-state index contributed by atoms with van der Waals surface area (Å²) in [6, 6.07) is 0. The Bertz CT molecular complexity index is 547. The van der Waals surface area contributed by atoms with Crippen molar-refractivity contribution in [3.05, 3.63) is 22.3 Å². The van der Waals surface area contributed by atoms with Crippen LogP contribution in [0.3, 0.4) is 0 Å². The van der Waals surface area contributed by atoms with Crippen molar-refractivity contribution in [2.75, 3.05) is 0 Å². The highest BCUT2D eigenvalue weighted by Gasteiger charge is 2.20. The van der Waals surface area contributed by atoms with Crippen LogP contribution in [0.25, 0.3) is 0 Å². The van der Waals surface area contributed by atoms with Gasteiger partial charge in [-0.2, -0.15) is 0 Å². The molecule has 0 saturated carbocycles. The van der Waals surface area contributed by atoms with Gasteiger partial charge in [0.25, 0.3) is 0 Å². The molecule has 5 nitrogen and oxygen atoms in total. The molecule has 19 heavy (non-hydrogen) atoms. The summed E-state index contributed by atoms with van der Waals surface area (Å²) in [5.41, 5.74) is 3.14. The van der Waals surface area contributed by atoms with Gasteiger partial charge in [0, 0.05) is 18.9 Å². The summed E-state index contributed by atoms with van der Waals surface area (Å²) in [4.78, 5) is 11.2. The van der Waals surface area contributed by atoms with Crippen molar-refractivity contribution in [1.82, 2.24) is 0 Å². The molecule has 2 N–H and O–H groups in total. The molecule has 5 heteroatoms. The van der Waals surface area contributed by atoms with Crippen LogP contribution in [0.4, 0.5) is 0 Å². The van der Waals surface area contributed by atoms with Crippen molar-refractivity contribution < 1.29 is 19.8 Å². The number of aromatic hydroxyl groups is 1. The van der Waals surface area contributed by atoms with Crippen molar-refractivity contribution in [2.45, 2.75) is 41.0 Å². The van der Waals surface area contributed by atoms with Crippen LogP contribution in [-0.2, 0) is 11.2 Å². The molecule has 104 valence electrons. The van der Waals surface area contributed by atoms with Gasteiger partial charge in [0.2, 0.25) is 0 Å². The molecule has 0 aromatic heterocycles. The fourth-order valence-corrected chi connectivity index (χ4v) is 1.95. The second kappa shape index (κ2) is 5.73. The van der Waals surface area contributed by atoms with Crippen LogP contribution >= 0.6 is 0 Å². The molecular weight excluding hydrogens is 246 g/mol. The number of phenols is 1. The van der Waals surface area contributed by atoms with E-state index in [0.29, 0.717) is 40.1 Å². The van der Waals surface area contributed by atoms with Gasteiger partial charge >= 0.3 is 5.97 Å². The average Bonchev–Trinajstić information content (AvgIpc) is 2.37. The fourth-order valence-electron chi connectivity index (χ4n) is 1.95. The number of benzene rings is 1. The number of oxime groups is 1. The van der Waals surface area contributed by atoms with Gasteiger partial charge in [-0.05, 0) is 44.4 Å². The Labute approximate surface area is 112 Å². The average molecular weight is 265 g/mol. The first-order valence-corrected chi connectivity index (χ1v) is 5.97. The summed E-state index contributed by atoms with van der Waals surface area (Å²) in [7, 11) is 0. The molecule has 0 saturated heterocycles. The van der Waals surface area contributed by atoms with E-state index >= 15 is 0 Å². The predicted octanol–water partition coefficient (Wildman–Crippen LogP) is 2.64. The highest BCUT2D eigenvalue weighted by Crippen LogP contribution is 2.37. The van der Waals surface area contributed by atoms with Crippen LogP contribution in [0.5, 0.6) is 11.5 Å². The highest BCUT2D eigenvalue weighted by molar-refractivity contribution is 5.85. The Morgan fingerprint density at radius 1 is 1.16 bits per heavy atom. The molecule has 1 aromatic rings. The molecule has 0 unspecified atom stereocenters. The topological polar surface area (TPSA) is 79.1 Å². The van der Waals surface area contributed by atoms with Gasteiger partial charge in [-0.1, -0.05) is 5.16 Å². The number of ether oxygens (including phenoxy) is 1. The normalized spacial score (nSPS) is 11.5. The lowest BCUT2D eigenvalue weighted by molar-refractivity contribution is -0.131. The van der Waals surface area contributed by atoms with Crippen LogP contribution in [0.2, 0.25) is 0 Å². The van der Waals surface area contributed by atoms with Crippen molar-refractivity contribution in [3.8, 4) is 11.5 Å². The van der Waals surface area contributed by atoms with E-state index in [1.54, 1.807) is 27.7 Å². The number of rotatable bonds is 3. The molecule has 0 radical (unpaired) electrons. The van der Waals surface area contributed by atoms with E-state index < -0.39 is 5.97 Å². The third kappa shape index (κ3) is 3.05. The van der Waals surface area contributed by atoms with Crippen LogP contribution in [0.1, 0.15) is 36.1 Å². The molecule has 0 bridgehead atoms. The van der Waals surface area contributed by atoms with Gasteiger partial charge < -0.3 is 15.1 Å².